The van der Waals surface area contributed by atoms with Gasteiger partial charge in [-0.25, -0.2) is 19.7 Å². The Morgan fingerprint density at radius 2 is 1.66 bits per heavy atom. The number of para-hydroxylation sites is 1. The maximum absolute atomic E-state index is 12.0. The first-order valence-corrected chi connectivity index (χ1v) is 10.9. The van der Waals surface area contributed by atoms with E-state index in [-0.39, 0.29) is 17.3 Å². The van der Waals surface area contributed by atoms with Crippen LogP contribution in [0.5, 0.6) is 0 Å². The van der Waals surface area contributed by atoms with E-state index in [1.54, 1.807) is 0 Å². The van der Waals surface area contributed by atoms with Crippen LogP contribution in [-0.2, 0) is 9.53 Å². The molecule has 2 atom stereocenters. The highest BCUT2D eigenvalue weighted by Gasteiger charge is 2.27. The summed E-state index contributed by atoms with van der Waals surface area (Å²) in [5, 5.41) is 18.8. The first-order valence-electron chi connectivity index (χ1n) is 10.9. The molecule has 2 heterocycles. The van der Waals surface area contributed by atoms with E-state index in [1.165, 1.54) is 20.4 Å². The maximum atomic E-state index is 12.0. The van der Waals surface area contributed by atoms with Gasteiger partial charge in [-0.3, -0.25) is 10.1 Å². The van der Waals surface area contributed by atoms with Crippen molar-refractivity contribution < 1.29 is 14.5 Å². The van der Waals surface area contributed by atoms with Crippen LogP contribution in [0, 0.1) is 10.1 Å². The summed E-state index contributed by atoms with van der Waals surface area (Å²) in [5.41, 5.74) is 3.01. The second-order valence-corrected chi connectivity index (χ2v) is 7.92. The fourth-order valence-corrected chi connectivity index (χ4v) is 3.78. The molecule has 0 aliphatic rings. The van der Waals surface area contributed by atoms with E-state index in [9.17, 15) is 14.9 Å². The Morgan fingerprint density at radius 1 is 1.00 bits per heavy atom. The van der Waals surface area contributed by atoms with Crippen molar-refractivity contribution in [1.29, 1.82) is 0 Å². The SMILES string of the molecule is COC(=O)C(C)Nc1ncnc(NC(C)c2cc3ccccc3nc2-c2ccccc2)c1[N+](=O)[O-]. The molecule has 2 aromatic carbocycles. The summed E-state index contributed by atoms with van der Waals surface area (Å²) in [7, 11) is 1.24. The van der Waals surface area contributed by atoms with Gasteiger partial charge in [0.2, 0.25) is 11.6 Å². The molecule has 10 heteroatoms. The number of hydrogen-bond donors (Lipinski definition) is 2. The van der Waals surface area contributed by atoms with Crippen molar-refractivity contribution >= 4 is 34.2 Å². The fraction of sp³-hybridized carbons (Fsp3) is 0.200. The van der Waals surface area contributed by atoms with Gasteiger partial charge >= 0.3 is 11.7 Å². The summed E-state index contributed by atoms with van der Waals surface area (Å²) < 4.78 is 4.69. The summed E-state index contributed by atoms with van der Waals surface area (Å²) in [6.07, 6.45) is 1.20. The van der Waals surface area contributed by atoms with Gasteiger partial charge in [-0.1, -0.05) is 48.5 Å². The predicted molar refractivity (Wildman–Crippen MR) is 133 cm³/mol. The van der Waals surface area contributed by atoms with Gasteiger partial charge in [-0.15, -0.1) is 0 Å². The van der Waals surface area contributed by atoms with E-state index in [0.29, 0.717) is 0 Å². The molecule has 0 spiro atoms. The quantitative estimate of drug-likeness (QED) is 0.212. The highest BCUT2D eigenvalue weighted by atomic mass is 16.6. The number of fused-ring (bicyclic) bond motifs is 1. The lowest BCUT2D eigenvalue weighted by Crippen LogP contribution is -2.28. The Labute approximate surface area is 201 Å². The first kappa shape index (κ1) is 23.6. The monoisotopic (exact) mass is 472 g/mol. The molecule has 0 saturated carbocycles. The molecule has 0 aliphatic carbocycles. The van der Waals surface area contributed by atoms with Crippen molar-refractivity contribution in [1.82, 2.24) is 15.0 Å². The number of methoxy groups -OCH3 is 1. The average molecular weight is 473 g/mol. The molecule has 2 N–H and O–H groups in total. The number of carbonyl (C=O) groups is 1. The average Bonchev–Trinajstić information content (AvgIpc) is 2.87. The molecule has 4 aromatic rings. The van der Waals surface area contributed by atoms with Crippen LogP contribution in [0.2, 0.25) is 0 Å². The zero-order valence-corrected chi connectivity index (χ0v) is 19.4. The summed E-state index contributed by atoms with van der Waals surface area (Å²) in [6, 6.07) is 18.3. The van der Waals surface area contributed by atoms with Crippen molar-refractivity contribution in [3.63, 3.8) is 0 Å². The Morgan fingerprint density at radius 3 is 2.34 bits per heavy atom. The molecule has 0 saturated heterocycles. The number of ether oxygens (including phenoxy) is 1. The number of carbonyl (C=O) groups excluding carboxylic acids is 1. The molecule has 0 aliphatic heterocycles. The van der Waals surface area contributed by atoms with E-state index < -0.39 is 23.0 Å². The highest BCUT2D eigenvalue weighted by Crippen LogP contribution is 2.35. The largest absolute Gasteiger partial charge is 0.467 e. The lowest BCUT2D eigenvalue weighted by molar-refractivity contribution is -0.383. The molecule has 10 nitrogen and oxygen atoms in total. The van der Waals surface area contributed by atoms with E-state index in [0.717, 1.165) is 27.7 Å². The molecule has 0 fully saturated rings. The van der Waals surface area contributed by atoms with Crippen LogP contribution in [0.25, 0.3) is 22.2 Å². The minimum atomic E-state index is -0.840. The molecule has 4 rings (SSSR count). The molecule has 35 heavy (non-hydrogen) atoms. The first-order chi connectivity index (χ1) is 16.9. The third-order valence-electron chi connectivity index (χ3n) is 5.53. The van der Waals surface area contributed by atoms with E-state index in [1.807, 2.05) is 67.6 Å². The van der Waals surface area contributed by atoms with Crippen LogP contribution >= 0.6 is 0 Å². The fourth-order valence-electron chi connectivity index (χ4n) is 3.78. The lowest BCUT2D eigenvalue weighted by atomic mass is 9.98. The van der Waals surface area contributed by atoms with E-state index >= 15 is 0 Å². The molecule has 0 bridgehead atoms. The van der Waals surface area contributed by atoms with Crippen molar-refractivity contribution in [3.8, 4) is 11.3 Å². The van der Waals surface area contributed by atoms with Gasteiger partial charge in [-0.2, -0.15) is 0 Å². The van der Waals surface area contributed by atoms with Crippen LogP contribution in [-0.4, -0.2) is 39.0 Å². The normalized spacial score (nSPS) is 12.5. The number of anilines is 2. The number of aromatic nitrogens is 3. The molecule has 2 unspecified atom stereocenters. The highest BCUT2D eigenvalue weighted by molar-refractivity contribution is 5.84. The molecule has 178 valence electrons. The number of nitrogens with zero attached hydrogens (tertiary/aromatic N) is 4. The van der Waals surface area contributed by atoms with Gasteiger partial charge in [0.25, 0.3) is 0 Å². The number of pyridine rings is 1. The molecule has 0 radical (unpaired) electrons. The van der Waals surface area contributed by atoms with E-state index in [2.05, 4.69) is 20.6 Å². The third-order valence-corrected chi connectivity index (χ3v) is 5.53. The second kappa shape index (κ2) is 10.1. The second-order valence-electron chi connectivity index (χ2n) is 7.92. The van der Waals surface area contributed by atoms with Crippen molar-refractivity contribution in [3.05, 3.63) is 82.7 Å². The minimum Gasteiger partial charge on any atom is -0.467 e. The smallest absolute Gasteiger partial charge is 0.353 e. The number of benzene rings is 2. The third kappa shape index (κ3) is 5.01. The maximum Gasteiger partial charge on any atom is 0.353 e. The summed E-state index contributed by atoms with van der Waals surface area (Å²) in [4.78, 5) is 36.2. The molecular weight excluding hydrogens is 448 g/mol. The van der Waals surface area contributed by atoms with Gasteiger partial charge in [0, 0.05) is 16.5 Å². The van der Waals surface area contributed by atoms with Gasteiger partial charge < -0.3 is 15.4 Å². The lowest BCUT2D eigenvalue weighted by Gasteiger charge is -2.20. The molecular formula is C25H24N6O4. The number of rotatable bonds is 8. The number of nitrogens with one attached hydrogen (secondary N) is 2. The number of hydrogen-bond acceptors (Lipinski definition) is 9. The topological polar surface area (TPSA) is 132 Å². The standard InChI is InChI=1S/C25H24N6O4/c1-15(28-23-22(31(33)34)24(27-14-26-23)29-16(2)25(32)35-3)19-13-18-11-7-8-12-20(18)30-21(19)17-9-5-4-6-10-17/h4-16H,1-3H3,(H2,26,27,28,29). The van der Waals surface area contributed by atoms with Crippen LogP contribution < -0.4 is 10.6 Å². The van der Waals surface area contributed by atoms with E-state index in [4.69, 9.17) is 9.72 Å². The summed E-state index contributed by atoms with van der Waals surface area (Å²) in [5.74, 6) is -0.641. The zero-order valence-electron chi connectivity index (χ0n) is 19.4. The number of esters is 1. The Balaban J connectivity index is 1.75. The number of nitro groups is 1. The van der Waals surface area contributed by atoms with Gasteiger partial charge in [0.1, 0.15) is 12.4 Å². The van der Waals surface area contributed by atoms with Gasteiger partial charge in [0.15, 0.2) is 0 Å². The Hall–Kier alpha value is -4.60. The van der Waals surface area contributed by atoms with Gasteiger partial charge in [-0.05, 0) is 26.0 Å². The summed E-state index contributed by atoms with van der Waals surface area (Å²) >= 11 is 0. The van der Waals surface area contributed by atoms with Crippen LogP contribution in [0.15, 0.2) is 67.0 Å². The van der Waals surface area contributed by atoms with Crippen molar-refractivity contribution in [2.75, 3.05) is 17.7 Å². The zero-order chi connectivity index (χ0) is 24.9. The van der Waals surface area contributed by atoms with Crippen molar-refractivity contribution in [2.45, 2.75) is 25.9 Å². The van der Waals surface area contributed by atoms with Gasteiger partial charge in [0.05, 0.1) is 29.3 Å². The van der Waals surface area contributed by atoms with Crippen LogP contribution in [0.3, 0.4) is 0 Å². The minimum absolute atomic E-state index is 0.0178. The Kier molecular flexibility index (Phi) is 6.81. The van der Waals surface area contributed by atoms with Crippen LogP contribution in [0.4, 0.5) is 17.3 Å². The molecule has 2 aromatic heterocycles. The predicted octanol–water partition coefficient (Wildman–Crippen LogP) is 4.75. The molecule has 0 amide bonds. The van der Waals surface area contributed by atoms with Crippen LogP contribution in [0.1, 0.15) is 25.5 Å². The summed E-state index contributed by atoms with van der Waals surface area (Å²) in [6.45, 7) is 3.41. The van der Waals surface area contributed by atoms with Crippen molar-refractivity contribution in [2.24, 2.45) is 0 Å². The Bertz CT molecular complexity index is 1380.